The quantitative estimate of drug-likeness (QED) is 0.579. The van der Waals surface area contributed by atoms with Crippen molar-refractivity contribution in [2.45, 2.75) is 13.3 Å². The van der Waals surface area contributed by atoms with Crippen molar-refractivity contribution in [2.75, 3.05) is 0 Å². The summed E-state index contributed by atoms with van der Waals surface area (Å²) >= 11 is 0. The maximum absolute atomic E-state index is 11.7. The van der Waals surface area contributed by atoms with Gasteiger partial charge in [0.2, 0.25) is 5.78 Å². The van der Waals surface area contributed by atoms with Gasteiger partial charge < -0.3 is 10.5 Å². The van der Waals surface area contributed by atoms with Crippen molar-refractivity contribution in [1.29, 1.82) is 5.41 Å². The van der Waals surface area contributed by atoms with Gasteiger partial charge in [0.25, 0.3) is 0 Å². The van der Waals surface area contributed by atoms with Gasteiger partial charge in [0, 0.05) is 6.20 Å². The van der Waals surface area contributed by atoms with Crippen LogP contribution >= 0.6 is 0 Å². The Bertz CT molecular complexity index is 414. The molecule has 0 bridgehead atoms. The summed E-state index contributed by atoms with van der Waals surface area (Å²) in [6, 6.07) is 4.73. The van der Waals surface area contributed by atoms with Crippen molar-refractivity contribution in [2.24, 2.45) is 5.92 Å². The second kappa shape index (κ2) is 5.16. The number of pyridine rings is 1. The molecule has 0 aliphatic carbocycles. The minimum Gasteiger partial charge on any atom is -0.481 e. The summed E-state index contributed by atoms with van der Waals surface area (Å²) in [4.78, 5) is 26.3. The van der Waals surface area contributed by atoms with Crippen LogP contribution in [0.25, 0.3) is 0 Å². The van der Waals surface area contributed by atoms with Gasteiger partial charge in [0.05, 0.1) is 5.71 Å². The van der Waals surface area contributed by atoms with Gasteiger partial charge in [-0.3, -0.25) is 14.6 Å². The lowest BCUT2D eigenvalue weighted by Crippen LogP contribution is -2.29. The number of hydrogen-bond donors (Lipinski definition) is 2. The maximum atomic E-state index is 11.7. The highest BCUT2D eigenvalue weighted by atomic mass is 16.4. The van der Waals surface area contributed by atoms with E-state index in [-0.39, 0.29) is 12.1 Å². The molecule has 5 nitrogen and oxygen atoms in total. The number of aliphatic carboxylic acids is 1. The molecule has 0 unspecified atom stereocenters. The average molecular weight is 220 g/mol. The van der Waals surface area contributed by atoms with Gasteiger partial charge in [-0.1, -0.05) is 13.0 Å². The van der Waals surface area contributed by atoms with E-state index in [4.69, 9.17) is 10.5 Å². The minimum absolute atomic E-state index is 0.104. The number of carboxylic acids is 1. The fourth-order valence-corrected chi connectivity index (χ4v) is 1.30. The highest BCUT2D eigenvalue weighted by Crippen LogP contribution is 2.09. The summed E-state index contributed by atoms with van der Waals surface area (Å²) in [6.45, 7) is 1.62. The van der Waals surface area contributed by atoms with Crippen LogP contribution in [0, 0.1) is 11.3 Å². The summed E-state index contributed by atoms with van der Waals surface area (Å²) in [5, 5.41) is 16.4. The number of ketones is 1. The van der Waals surface area contributed by atoms with Gasteiger partial charge in [0.15, 0.2) is 0 Å². The summed E-state index contributed by atoms with van der Waals surface area (Å²) in [5.41, 5.74) is -0.319. The number of hydrogen-bond acceptors (Lipinski definition) is 4. The molecule has 0 spiro atoms. The molecule has 1 rings (SSSR count). The van der Waals surface area contributed by atoms with Gasteiger partial charge in [-0.05, 0) is 18.6 Å². The first-order valence-electron chi connectivity index (χ1n) is 4.85. The lowest BCUT2D eigenvalue weighted by atomic mass is 9.96. The predicted octanol–water partition coefficient (Wildman–Crippen LogP) is 1.39. The fourth-order valence-electron chi connectivity index (χ4n) is 1.30. The van der Waals surface area contributed by atoms with E-state index in [9.17, 15) is 9.59 Å². The van der Waals surface area contributed by atoms with Crippen LogP contribution in [0.1, 0.15) is 23.8 Å². The number of carboxylic acid groups (broad SMARTS) is 1. The molecule has 1 heterocycles. The molecule has 1 aromatic heterocycles. The molecule has 0 aliphatic heterocycles. The molecule has 5 heteroatoms. The fraction of sp³-hybridized carbons (Fsp3) is 0.273. The monoisotopic (exact) mass is 220 g/mol. The average Bonchev–Trinajstić information content (AvgIpc) is 2.29. The first kappa shape index (κ1) is 12.0. The van der Waals surface area contributed by atoms with E-state index in [0.29, 0.717) is 0 Å². The number of carbonyl (C=O) groups excluding carboxylic acids is 1. The van der Waals surface area contributed by atoms with Crippen LogP contribution in [0.3, 0.4) is 0 Å². The van der Waals surface area contributed by atoms with E-state index in [1.165, 1.54) is 12.3 Å². The van der Waals surface area contributed by atoms with Gasteiger partial charge in [-0.25, -0.2) is 0 Å². The largest absolute Gasteiger partial charge is 0.481 e. The zero-order valence-electron chi connectivity index (χ0n) is 8.80. The van der Waals surface area contributed by atoms with Gasteiger partial charge in [0.1, 0.15) is 11.6 Å². The molecule has 84 valence electrons. The predicted molar refractivity (Wildman–Crippen MR) is 57.7 cm³/mol. The molecular weight excluding hydrogens is 208 g/mol. The second-order valence-corrected chi connectivity index (χ2v) is 3.26. The molecule has 0 amide bonds. The lowest BCUT2D eigenvalue weighted by Gasteiger charge is -2.09. The number of carbonyl (C=O) groups is 2. The third-order valence-corrected chi connectivity index (χ3v) is 2.20. The third kappa shape index (κ3) is 2.50. The molecule has 0 aliphatic rings. The number of nitrogens with zero attached hydrogens (tertiary/aromatic N) is 1. The topological polar surface area (TPSA) is 91.1 Å². The molecule has 1 atom stereocenters. The molecule has 0 saturated heterocycles. The van der Waals surface area contributed by atoms with E-state index in [1.54, 1.807) is 19.1 Å². The zero-order valence-corrected chi connectivity index (χ0v) is 8.80. The van der Waals surface area contributed by atoms with Crippen molar-refractivity contribution in [1.82, 2.24) is 4.98 Å². The van der Waals surface area contributed by atoms with Gasteiger partial charge >= 0.3 is 5.97 Å². The second-order valence-electron chi connectivity index (χ2n) is 3.26. The molecule has 16 heavy (non-hydrogen) atoms. The van der Waals surface area contributed by atoms with Gasteiger partial charge in [-0.2, -0.15) is 0 Å². The number of Topliss-reactive ketones (excluding diaryl/α,β-unsaturated/α-hetero) is 1. The third-order valence-electron chi connectivity index (χ3n) is 2.20. The Morgan fingerprint density at radius 2 is 2.19 bits per heavy atom. The van der Waals surface area contributed by atoms with Crippen LogP contribution in [0.15, 0.2) is 24.4 Å². The summed E-state index contributed by atoms with van der Waals surface area (Å²) < 4.78 is 0. The summed E-state index contributed by atoms with van der Waals surface area (Å²) in [6.07, 6.45) is 1.65. The Kier molecular flexibility index (Phi) is 3.88. The Hall–Kier alpha value is -2.04. The Labute approximate surface area is 92.6 Å². The summed E-state index contributed by atoms with van der Waals surface area (Å²) in [7, 11) is 0. The standard InChI is InChI=1S/C11H12N2O3/c1-2-7(11(15)16)9(12)10(14)8-5-3-4-6-13-8/h3-7,12H,2H2,1H3,(H,15,16)/t7-/m0/s1. The molecular formula is C11H12N2O3. The molecule has 1 aromatic rings. The lowest BCUT2D eigenvalue weighted by molar-refractivity contribution is -0.139. The maximum Gasteiger partial charge on any atom is 0.312 e. The number of rotatable bonds is 5. The van der Waals surface area contributed by atoms with Crippen LogP contribution in [0.4, 0.5) is 0 Å². The highest BCUT2D eigenvalue weighted by molar-refractivity contribution is 6.47. The van der Waals surface area contributed by atoms with Crippen molar-refractivity contribution in [3.05, 3.63) is 30.1 Å². The number of nitrogens with one attached hydrogen (secondary N) is 1. The first-order chi connectivity index (χ1) is 7.57. The Morgan fingerprint density at radius 3 is 2.62 bits per heavy atom. The summed E-state index contributed by atoms with van der Waals surface area (Å²) in [5.74, 6) is -2.85. The van der Waals surface area contributed by atoms with E-state index < -0.39 is 23.4 Å². The molecule has 0 aromatic carbocycles. The smallest absolute Gasteiger partial charge is 0.312 e. The van der Waals surface area contributed by atoms with E-state index in [1.807, 2.05) is 0 Å². The van der Waals surface area contributed by atoms with Crippen molar-refractivity contribution < 1.29 is 14.7 Å². The first-order valence-corrected chi connectivity index (χ1v) is 4.85. The highest BCUT2D eigenvalue weighted by Gasteiger charge is 2.27. The normalized spacial score (nSPS) is 11.8. The van der Waals surface area contributed by atoms with Crippen LogP contribution in [0.2, 0.25) is 0 Å². The Morgan fingerprint density at radius 1 is 1.50 bits per heavy atom. The molecule has 0 fully saturated rings. The molecule has 2 N–H and O–H groups in total. The van der Waals surface area contributed by atoms with Gasteiger partial charge in [-0.15, -0.1) is 0 Å². The molecule has 0 saturated carbocycles. The van der Waals surface area contributed by atoms with Crippen LogP contribution in [-0.4, -0.2) is 27.6 Å². The van der Waals surface area contributed by atoms with Crippen LogP contribution in [-0.2, 0) is 4.79 Å². The minimum atomic E-state index is -1.16. The van der Waals surface area contributed by atoms with E-state index in [2.05, 4.69) is 4.98 Å². The molecule has 0 radical (unpaired) electrons. The van der Waals surface area contributed by atoms with Crippen molar-refractivity contribution >= 4 is 17.5 Å². The Balaban J connectivity index is 2.90. The van der Waals surface area contributed by atoms with Crippen LogP contribution in [0.5, 0.6) is 0 Å². The number of aromatic nitrogens is 1. The van der Waals surface area contributed by atoms with Crippen molar-refractivity contribution in [3.8, 4) is 0 Å². The zero-order chi connectivity index (χ0) is 12.1. The van der Waals surface area contributed by atoms with E-state index in [0.717, 1.165) is 0 Å². The van der Waals surface area contributed by atoms with E-state index >= 15 is 0 Å². The SMILES string of the molecule is CC[C@@H](C(=N)C(=O)c1ccccn1)C(=O)O. The van der Waals surface area contributed by atoms with Crippen LogP contribution < -0.4 is 0 Å². The van der Waals surface area contributed by atoms with Crippen molar-refractivity contribution in [3.63, 3.8) is 0 Å².